The van der Waals surface area contributed by atoms with E-state index in [1.54, 1.807) is 68.6 Å². The second-order valence-electron chi connectivity index (χ2n) is 8.99. The van der Waals surface area contributed by atoms with Crippen LogP contribution >= 0.6 is 15.9 Å². The lowest BCUT2D eigenvalue weighted by atomic mass is 10.1. The number of hydrogen-bond donors (Lipinski definition) is 1. The number of rotatable bonds is 13. The number of sulfonamides is 1. The number of carbonyl (C=O) groups is 2. The molecule has 39 heavy (non-hydrogen) atoms. The zero-order valence-corrected chi connectivity index (χ0v) is 24.7. The molecule has 0 aliphatic rings. The first-order valence-corrected chi connectivity index (χ1v) is 14.9. The summed E-state index contributed by atoms with van der Waals surface area (Å²) in [6, 6.07) is 21.1. The monoisotopic (exact) mass is 615 g/mol. The van der Waals surface area contributed by atoms with E-state index in [0.717, 1.165) is 22.7 Å². The number of hydrogen-bond acceptors (Lipinski definition) is 5. The van der Waals surface area contributed by atoms with E-state index in [-0.39, 0.29) is 17.3 Å². The first-order chi connectivity index (χ1) is 18.7. The van der Waals surface area contributed by atoms with Gasteiger partial charge in [-0.1, -0.05) is 65.7 Å². The van der Waals surface area contributed by atoms with Gasteiger partial charge in [0, 0.05) is 17.6 Å². The topological polar surface area (TPSA) is 96.0 Å². The molecule has 0 aromatic heterocycles. The number of anilines is 1. The highest BCUT2D eigenvalue weighted by atomic mass is 79.9. The Morgan fingerprint density at radius 3 is 2.31 bits per heavy atom. The minimum absolute atomic E-state index is 0.0600. The quantitative estimate of drug-likeness (QED) is 0.273. The van der Waals surface area contributed by atoms with E-state index in [4.69, 9.17) is 4.74 Å². The molecule has 3 aromatic rings. The minimum atomic E-state index is -4.10. The third-order valence-electron chi connectivity index (χ3n) is 6.22. The van der Waals surface area contributed by atoms with Gasteiger partial charge in [-0.3, -0.25) is 13.9 Å². The number of ether oxygens (including phenoxy) is 1. The lowest BCUT2D eigenvalue weighted by Gasteiger charge is -2.32. The predicted molar refractivity (Wildman–Crippen MR) is 156 cm³/mol. The largest absolute Gasteiger partial charge is 0.497 e. The SMILES string of the molecule is CCCCNC(=O)C(C)N(Cc1ccc(OC)cc1)C(=O)CN(c1cccc(Br)c1)S(=O)(=O)c1ccccc1. The van der Waals surface area contributed by atoms with Crippen molar-refractivity contribution in [2.45, 2.75) is 44.2 Å². The average molecular weight is 617 g/mol. The zero-order valence-electron chi connectivity index (χ0n) is 22.3. The summed E-state index contributed by atoms with van der Waals surface area (Å²) in [6.07, 6.45) is 1.74. The van der Waals surface area contributed by atoms with E-state index < -0.39 is 28.5 Å². The Kier molecular flexibility index (Phi) is 10.9. The molecule has 8 nitrogen and oxygen atoms in total. The van der Waals surface area contributed by atoms with Crippen LogP contribution < -0.4 is 14.4 Å². The molecule has 208 valence electrons. The van der Waals surface area contributed by atoms with Crippen LogP contribution in [-0.4, -0.2) is 51.4 Å². The lowest BCUT2D eigenvalue weighted by molar-refractivity contribution is -0.139. The molecule has 0 bridgehead atoms. The van der Waals surface area contributed by atoms with Crippen LogP contribution in [0.5, 0.6) is 5.75 Å². The standard InChI is InChI=1S/C29H34BrN3O5S/c1-4-5-18-31-29(35)22(2)32(20-23-14-16-26(38-3)17-15-23)28(34)21-33(25-11-9-10-24(30)19-25)39(36,37)27-12-7-6-8-13-27/h6-17,19,22H,4-5,18,20-21H2,1-3H3,(H,31,35). The van der Waals surface area contributed by atoms with Gasteiger partial charge in [0.2, 0.25) is 11.8 Å². The summed E-state index contributed by atoms with van der Waals surface area (Å²) in [6.45, 7) is 3.80. The van der Waals surface area contributed by atoms with Crippen LogP contribution in [0.4, 0.5) is 5.69 Å². The molecule has 0 saturated heterocycles. The van der Waals surface area contributed by atoms with Crippen LogP contribution in [0.15, 0.2) is 88.2 Å². The van der Waals surface area contributed by atoms with E-state index in [9.17, 15) is 18.0 Å². The molecule has 1 N–H and O–H groups in total. The Bertz CT molecular complexity index is 1350. The van der Waals surface area contributed by atoms with E-state index in [2.05, 4.69) is 21.2 Å². The Labute approximate surface area is 239 Å². The van der Waals surface area contributed by atoms with Gasteiger partial charge in [-0.05, 0) is 61.4 Å². The molecule has 0 aliphatic heterocycles. The molecule has 1 atom stereocenters. The van der Waals surface area contributed by atoms with Gasteiger partial charge in [0.1, 0.15) is 18.3 Å². The fourth-order valence-electron chi connectivity index (χ4n) is 3.93. The molecular formula is C29H34BrN3O5S. The Balaban J connectivity index is 1.98. The van der Waals surface area contributed by atoms with E-state index in [1.165, 1.54) is 17.0 Å². The van der Waals surface area contributed by atoms with E-state index in [1.807, 2.05) is 19.1 Å². The van der Waals surface area contributed by atoms with Gasteiger partial charge < -0.3 is 15.0 Å². The molecule has 0 radical (unpaired) electrons. The van der Waals surface area contributed by atoms with Crippen molar-refractivity contribution in [1.29, 1.82) is 0 Å². The van der Waals surface area contributed by atoms with Gasteiger partial charge in [0.05, 0.1) is 17.7 Å². The van der Waals surface area contributed by atoms with Gasteiger partial charge in [-0.15, -0.1) is 0 Å². The van der Waals surface area contributed by atoms with Crippen molar-refractivity contribution in [1.82, 2.24) is 10.2 Å². The van der Waals surface area contributed by atoms with Gasteiger partial charge in [-0.25, -0.2) is 8.42 Å². The summed E-state index contributed by atoms with van der Waals surface area (Å²) in [5.74, 6) is -0.148. The zero-order chi connectivity index (χ0) is 28.4. The molecule has 0 fully saturated rings. The number of carbonyl (C=O) groups excluding carboxylic acids is 2. The first-order valence-electron chi connectivity index (χ1n) is 12.7. The van der Waals surface area contributed by atoms with Crippen molar-refractivity contribution in [2.75, 3.05) is 24.5 Å². The van der Waals surface area contributed by atoms with Crippen molar-refractivity contribution >= 4 is 43.5 Å². The molecule has 1 unspecified atom stereocenters. The fraction of sp³-hybridized carbons (Fsp3) is 0.310. The maximum Gasteiger partial charge on any atom is 0.264 e. The second-order valence-corrected chi connectivity index (χ2v) is 11.8. The number of nitrogens with one attached hydrogen (secondary N) is 1. The molecule has 0 heterocycles. The van der Waals surface area contributed by atoms with Crippen LogP contribution in [0.25, 0.3) is 0 Å². The van der Waals surface area contributed by atoms with Crippen LogP contribution in [0.2, 0.25) is 0 Å². The summed E-state index contributed by atoms with van der Waals surface area (Å²) >= 11 is 3.40. The van der Waals surface area contributed by atoms with Crippen LogP contribution in [0.3, 0.4) is 0 Å². The summed E-state index contributed by atoms with van der Waals surface area (Å²) in [5, 5.41) is 2.88. The minimum Gasteiger partial charge on any atom is -0.497 e. The van der Waals surface area contributed by atoms with Gasteiger partial charge in [0.25, 0.3) is 10.0 Å². The van der Waals surface area contributed by atoms with Crippen molar-refractivity contribution in [2.24, 2.45) is 0 Å². The van der Waals surface area contributed by atoms with Crippen molar-refractivity contribution in [3.63, 3.8) is 0 Å². The molecule has 10 heteroatoms. The lowest BCUT2D eigenvalue weighted by Crippen LogP contribution is -2.51. The maximum absolute atomic E-state index is 13.9. The third kappa shape index (κ3) is 8.06. The number of halogens is 1. The van der Waals surface area contributed by atoms with Crippen molar-refractivity contribution < 1.29 is 22.7 Å². The highest BCUT2D eigenvalue weighted by molar-refractivity contribution is 9.10. The van der Waals surface area contributed by atoms with Gasteiger partial charge >= 0.3 is 0 Å². The number of nitrogens with zero attached hydrogens (tertiary/aromatic N) is 2. The second kappa shape index (κ2) is 14.1. The Hall–Kier alpha value is -3.37. The van der Waals surface area contributed by atoms with Crippen LogP contribution in [0.1, 0.15) is 32.3 Å². The summed E-state index contributed by atoms with van der Waals surface area (Å²) in [4.78, 5) is 28.4. The molecule has 3 rings (SSSR count). The van der Waals surface area contributed by atoms with Crippen molar-refractivity contribution in [3.8, 4) is 5.75 Å². The summed E-state index contributed by atoms with van der Waals surface area (Å²) in [5.41, 5.74) is 1.10. The molecule has 0 saturated carbocycles. The molecule has 2 amide bonds. The molecule has 3 aromatic carbocycles. The normalized spacial score (nSPS) is 11.9. The smallest absolute Gasteiger partial charge is 0.264 e. The van der Waals surface area contributed by atoms with E-state index in [0.29, 0.717) is 22.5 Å². The Morgan fingerprint density at radius 2 is 1.69 bits per heavy atom. The Morgan fingerprint density at radius 1 is 1.00 bits per heavy atom. The first kappa shape index (κ1) is 30.2. The summed E-state index contributed by atoms with van der Waals surface area (Å²) < 4.78 is 34.5. The summed E-state index contributed by atoms with van der Waals surface area (Å²) in [7, 11) is -2.53. The third-order valence-corrected chi connectivity index (χ3v) is 8.50. The number of unbranched alkanes of at least 4 members (excludes halogenated alkanes) is 1. The molecular weight excluding hydrogens is 582 g/mol. The number of methoxy groups -OCH3 is 1. The molecule has 0 spiro atoms. The number of benzene rings is 3. The van der Waals surface area contributed by atoms with Gasteiger partial charge in [0.15, 0.2) is 0 Å². The highest BCUT2D eigenvalue weighted by Crippen LogP contribution is 2.27. The fourth-order valence-corrected chi connectivity index (χ4v) is 5.74. The van der Waals surface area contributed by atoms with Crippen LogP contribution in [-0.2, 0) is 26.2 Å². The average Bonchev–Trinajstić information content (AvgIpc) is 2.94. The maximum atomic E-state index is 13.9. The number of amides is 2. The van der Waals surface area contributed by atoms with Gasteiger partial charge in [-0.2, -0.15) is 0 Å². The highest BCUT2D eigenvalue weighted by Gasteiger charge is 2.32. The van der Waals surface area contributed by atoms with Crippen LogP contribution in [0, 0.1) is 0 Å². The van der Waals surface area contributed by atoms with E-state index >= 15 is 0 Å². The van der Waals surface area contributed by atoms with Crippen molar-refractivity contribution in [3.05, 3.63) is 88.9 Å². The predicted octanol–water partition coefficient (Wildman–Crippen LogP) is 4.99. The molecule has 0 aliphatic carbocycles.